The average Bonchev–Trinajstić information content (AvgIpc) is 2.93. The molecule has 0 bridgehead atoms. The van der Waals surface area contributed by atoms with Gasteiger partial charge in [-0.15, -0.1) is 0 Å². The minimum atomic E-state index is -0.811. The Hall–Kier alpha value is -2.57. The molecular weight excluding hydrogens is 370 g/mol. The monoisotopic (exact) mass is 401 g/mol. The summed E-state index contributed by atoms with van der Waals surface area (Å²) < 4.78 is 5.68. The Labute approximate surface area is 172 Å². The molecule has 1 heterocycles. The number of nitrogens with one attached hydrogen (secondary N) is 2. The van der Waals surface area contributed by atoms with Crippen LogP contribution in [0, 0.1) is 5.92 Å². The predicted octanol–water partition coefficient (Wildman–Crippen LogP) is 2.98. The largest absolute Gasteiger partial charge is 0.494 e. The number of urea groups is 1. The number of nitrogens with zero attached hydrogens (tertiary/aromatic N) is 1. The summed E-state index contributed by atoms with van der Waals surface area (Å²) in [6, 6.07) is 7.10. The van der Waals surface area contributed by atoms with Gasteiger partial charge in [0, 0.05) is 6.54 Å². The minimum Gasteiger partial charge on any atom is -0.494 e. The molecule has 1 aromatic carbocycles. The van der Waals surface area contributed by atoms with Gasteiger partial charge < -0.3 is 15.4 Å². The summed E-state index contributed by atoms with van der Waals surface area (Å²) in [6.45, 7) is 4.99. The van der Waals surface area contributed by atoms with Crippen molar-refractivity contribution >= 4 is 17.8 Å². The van der Waals surface area contributed by atoms with Gasteiger partial charge in [0.2, 0.25) is 5.91 Å². The molecule has 0 radical (unpaired) electrons. The lowest BCUT2D eigenvalue weighted by atomic mass is 9.77. The van der Waals surface area contributed by atoms with Gasteiger partial charge in [0.05, 0.1) is 6.61 Å². The maximum atomic E-state index is 12.8. The van der Waals surface area contributed by atoms with Crippen molar-refractivity contribution in [2.75, 3.05) is 13.2 Å². The first kappa shape index (κ1) is 21.1. The van der Waals surface area contributed by atoms with Crippen LogP contribution in [0.15, 0.2) is 24.3 Å². The summed E-state index contributed by atoms with van der Waals surface area (Å²) >= 11 is 0. The summed E-state index contributed by atoms with van der Waals surface area (Å²) in [4.78, 5) is 38.6. The van der Waals surface area contributed by atoms with Crippen molar-refractivity contribution in [1.29, 1.82) is 0 Å². The zero-order valence-electron chi connectivity index (χ0n) is 17.3. The fourth-order valence-corrected chi connectivity index (χ4v) is 3.89. The average molecular weight is 402 g/mol. The molecule has 29 heavy (non-hydrogen) atoms. The van der Waals surface area contributed by atoms with E-state index in [0.717, 1.165) is 41.9 Å². The highest BCUT2D eigenvalue weighted by molar-refractivity contribution is 6.09. The normalized spacial score (nSPS) is 23.9. The summed E-state index contributed by atoms with van der Waals surface area (Å²) in [6.07, 6.45) is 5.15. The smallest absolute Gasteiger partial charge is 0.325 e. The van der Waals surface area contributed by atoms with Crippen molar-refractivity contribution in [3.05, 3.63) is 29.8 Å². The van der Waals surface area contributed by atoms with Gasteiger partial charge >= 0.3 is 6.03 Å². The number of hydrogen-bond acceptors (Lipinski definition) is 4. The Balaban J connectivity index is 1.51. The maximum absolute atomic E-state index is 12.8. The molecule has 2 fully saturated rings. The number of hydrogen-bond donors (Lipinski definition) is 2. The molecule has 3 rings (SSSR count). The molecule has 158 valence electrons. The van der Waals surface area contributed by atoms with Gasteiger partial charge in [-0.1, -0.05) is 32.4 Å². The molecule has 1 aromatic rings. The van der Waals surface area contributed by atoms with Gasteiger partial charge in [0.25, 0.3) is 5.91 Å². The second-order valence-corrected chi connectivity index (χ2v) is 8.21. The van der Waals surface area contributed by atoms with Gasteiger partial charge in [-0.25, -0.2) is 4.79 Å². The molecule has 0 unspecified atom stereocenters. The number of imide groups is 1. The summed E-state index contributed by atoms with van der Waals surface area (Å²) in [5.74, 6) is 0.708. The standard InChI is InChI=1S/C22H31N3O4/c1-3-4-12-29-18-7-5-6-17(13-18)14-23-19(26)15-25-20(27)22(24-21(25)28)10-8-16(2)9-11-22/h5-7,13,16H,3-4,8-12,14-15H2,1-2H3,(H,23,26)(H,24,28). The van der Waals surface area contributed by atoms with Crippen LogP contribution in [-0.4, -0.2) is 41.4 Å². The van der Waals surface area contributed by atoms with Crippen molar-refractivity contribution in [2.45, 2.75) is 64.5 Å². The second-order valence-electron chi connectivity index (χ2n) is 8.21. The van der Waals surface area contributed by atoms with E-state index in [4.69, 9.17) is 4.74 Å². The fraction of sp³-hybridized carbons (Fsp3) is 0.591. The molecule has 1 aliphatic carbocycles. The van der Waals surface area contributed by atoms with Gasteiger partial charge in [0.1, 0.15) is 17.8 Å². The third-order valence-corrected chi connectivity index (χ3v) is 5.83. The maximum Gasteiger partial charge on any atom is 0.325 e. The van der Waals surface area contributed by atoms with Crippen LogP contribution in [0.3, 0.4) is 0 Å². The van der Waals surface area contributed by atoms with Gasteiger partial charge in [-0.05, 0) is 55.7 Å². The van der Waals surface area contributed by atoms with Crippen LogP contribution in [0.2, 0.25) is 0 Å². The number of rotatable bonds is 8. The van der Waals surface area contributed by atoms with Crippen LogP contribution < -0.4 is 15.4 Å². The van der Waals surface area contributed by atoms with Crippen molar-refractivity contribution in [1.82, 2.24) is 15.5 Å². The zero-order chi connectivity index (χ0) is 20.9. The number of benzene rings is 1. The molecule has 1 aliphatic heterocycles. The van der Waals surface area contributed by atoms with Crippen LogP contribution in [0.25, 0.3) is 0 Å². The van der Waals surface area contributed by atoms with E-state index in [0.29, 0.717) is 31.9 Å². The Morgan fingerprint density at radius 1 is 1.31 bits per heavy atom. The SMILES string of the molecule is CCCCOc1cccc(CNC(=O)CN2C(=O)NC3(CCC(C)CC3)C2=O)c1. The van der Waals surface area contributed by atoms with E-state index in [2.05, 4.69) is 24.5 Å². The van der Waals surface area contributed by atoms with Crippen molar-refractivity contribution in [3.8, 4) is 5.75 Å². The van der Waals surface area contributed by atoms with E-state index in [1.165, 1.54) is 0 Å². The van der Waals surface area contributed by atoms with Crippen molar-refractivity contribution < 1.29 is 19.1 Å². The molecule has 7 nitrogen and oxygen atoms in total. The van der Waals surface area contributed by atoms with Crippen LogP contribution in [0.4, 0.5) is 4.79 Å². The topological polar surface area (TPSA) is 87.7 Å². The number of unbranched alkanes of at least 4 members (excludes halogenated alkanes) is 1. The van der Waals surface area contributed by atoms with E-state index >= 15 is 0 Å². The van der Waals surface area contributed by atoms with Crippen molar-refractivity contribution in [3.63, 3.8) is 0 Å². The lowest BCUT2D eigenvalue weighted by Crippen LogP contribution is -2.49. The lowest BCUT2D eigenvalue weighted by Gasteiger charge is -2.33. The Kier molecular flexibility index (Phi) is 6.77. The third-order valence-electron chi connectivity index (χ3n) is 5.83. The van der Waals surface area contributed by atoms with E-state index in [1.54, 1.807) is 0 Å². The first-order valence-corrected chi connectivity index (χ1v) is 10.6. The highest BCUT2D eigenvalue weighted by Crippen LogP contribution is 2.36. The Morgan fingerprint density at radius 3 is 2.79 bits per heavy atom. The molecular formula is C22H31N3O4. The van der Waals surface area contributed by atoms with Gasteiger partial charge in [0.15, 0.2) is 0 Å². The molecule has 2 N–H and O–H groups in total. The fourth-order valence-electron chi connectivity index (χ4n) is 3.89. The summed E-state index contributed by atoms with van der Waals surface area (Å²) in [5.41, 5.74) is 0.0934. The molecule has 0 atom stereocenters. The molecule has 1 spiro atoms. The third kappa shape index (κ3) is 5.08. The highest BCUT2D eigenvalue weighted by Gasteiger charge is 2.52. The van der Waals surface area contributed by atoms with Crippen LogP contribution in [0.5, 0.6) is 5.75 Å². The number of ether oxygens (including phenoxy) is 1. The number of carbonyl (C=O) groups is 3. The first-order valence-electron chi connectivity index (χ1n) is 10.6. The van der Waals surface area contributed by atoms with Crippen LogP contribution in [-0.2, 0) is 16.1 Å². The molecule has 1 saturated carbocycles. The van der Waals surface area contributed by atoms with Gasteiger partial charge in [-0.2, -0.15) is 0 Å². The van der Waals surface area contributed by atoms with E-state index in [-0.39, 0.29) is 18.4 Å². The molecule has 7 heteroatoms. The Bertz CT molecular complexity index is 756. The molecule has 0 aromatic heterocycles. The van der Waals surface area contributed by atoms with Gasteiger partial charge in [-0.3, -0.25) is 14.5 Å². The Morgan fingerprint density at radius 2 is 2.07 bits per heavy atom. The van der Waals surface area contributed by atoms with Crippen LogP contribution in [0.1, 0.15) is 57.9 Å². The van der Waals surface area contributed by atoms with Crippen molar-refractivity contribution in [2.24, 2.45) is 5.92 Å². The number of amides is 4. The molecule has 2 aliphatic rings. The second kappa shape index (κ2) is 9.29. The molecule has 1 saturated heterocycles. The van der Waals surface area contributed by atoms with E-state index in [1.807, 2.05) is 24.3 Å². The summed E-state index contributed by atoms with van der Waals surface area (Å²) in [7, 11) is 0. The lowest BCUT2D eigenvalue weighted by molar-refractivity contribution is -0.136. The van der Waals surface area contributed by atoms with Crippen LogP contribution >= 0.6 is 0 Å². The van der Waals surface area contributed by atoms with E-state index < -0.39 is 11.6 Å². The molecule has 4 amide bonds. The highest BCUT2D eigenvalue weighted by atomic mass is 16.5. The summed E-state index contributed by atoms with van der Waals surface area (Å²) in [5, 5.41) is 5.63. The quantitative estimate of drug-likeness (QED) is 0.518. The van der Waals surface area contributed by atoms with E-state index in [9.17, 15) is 14.4 Å². The predicted molar refractivity (Wildman–Crippen MR) is 109 cm³/mol. The minimum absolute atomic E-state index is 0.255. The zero-order valence-corrected chi connectivity index (χ0v) is 17.3. The first-order chi connectivity index (χ1) is 13.9. The number of carbonyl (C=O) groups excluding carboxylic acids is 3.